The molecule has 9 heteroatoms. The van der Waals surface area contributed by atoms with Gasteiger partial charge in [0.15, 0.2) is 16.7 Å². The number of rotatable bonds is 5. The van der Waals surface area contributed by atoms with E-state index in [0.717, 1.165) is 0 Å². The summed E-state index contributed by atoms with van der Waals surface area (Å²) in [6.07, 6.45) is 0. The molecule has 0 radical (unpaired) electrons. The summed E-state index contributed by atoms with van der Waals surface area (Å²) in [6, 6.07) is 15.5. The number of nitro groups is 1. The summed E-state index contributed by atoms with van der Waals surface area (Å²) in [5.74, 6) is -0.301. The third-order valence-electron chi connectivity index (χ3n) is 3.95. The largest absolute Gasteiger partial charge is 0.451 e. The van der Waals surface area contributed by atoms with Gasteiger partial charge in [-0.25, -0.2) is 0 Å². The van der Waals surface area contributed by atoms with E-state index in [1.165, 1.54) is 31.2 Å². The van der Waals surface area contributed by atoms with Crippen LogP contribution in [0.3, 0.4) is 0 Å². The van der Waals surface area contributed by atoms with Crippen molar-refractivity contribution in [1.29, 1.82) is 0 Å². The number of benzene rings is 2. The second-order valence-corrected chi connectivity index (χ2v) is 6.42. The Bertz CT molecular complexity index is 1110. The molecular formula is C20H15N3O5S. The molecule has 0 fully saturated rings. The van der Waals surface area contributed by atoms with Crippen LogP contribution in [0.25, 0.3) is 11.3 Å². The molecule has 0 aliphatic carbocycles. The molecule has 1 amide bonds. The number of hydrogen-bond donors (Lipinski definition) is 2. The molecule has 3 aromatic rings. The van der Waals surface area contributed by atoms with E-state index in [4.69, 9.17) is 16.6 Å². The minimum atomic E-state index is -0.570. The Balaban J connectivity index is 1.65. The van der Waals surface area contributed by atoms with Crippen LogP contribution in [0.15, 0.2) is 65.1 Å². The van der Waals surface area contributed by atoms with Crippen LogP contribution >= 0.6 is 12.2 Å². The molecule has 0 aliphatic heterocycles. The van der Waals surface area contributed by atoms with Gasteiger partial charge in [-0.2, -0.15) is 0 Å². The summed E-state index contributed by atoms with van der Waals surface area (Å²) in [5.41, 5.74) is 1.57. The Morgan fingerprint density at radius 1 is 1.07 bits per heavy atom. The smallest absolute Gasteiger partial charge is 0.293 e. The van der Waals surface area contributed by atoms with Crippen molar-refractivity contribution in [2.45, 2.75) is 6.92 Å². The lowest BCUT2D eigenvalue weighted by atomic mass is 10.1. The zero-order valence-corrected chi connectivity index (χ0v) is 16.0. The standard InChI is InChI=1S/C20H15N3O5S/c1-12(24)13-5-7-15(8-6-13)21-20(29)22-19(25)18-10-9-17(28-18)14-3-2-4-16(11-14)23(26)27/h2-11H,1H3,(H2,21,22,25,29). The fraction of sp³-hybridized carbons (Fsp3) is 0.0500. The van der Waals surface area contributed by atoms with Gasteiger partial charge in [0.25, 0.3) is 11.6 Å². The first-order valence-corrected chi connectivity index (χ1v) is 8.82. The fourth-order valence-corrected chi connectivity index (χ4v) is 2.71. The quantitative estimate of drug-likeness (QED) is 0.281. The number of amides is 1. The monoisotopic (exact) mass is 409 g/mol. The molecule has 0 bridgehead atoms. The average Bonchev–Trinajstić information content (AvgIpc) is 3.19. The Morgan fingerprint density at radius 2 is 1.79 bits per heavy atom. The summed E-state index contributed by atoms with van der Waals surface area (Å²) < 4.78 is 5.50. The molecule has 2 N–H and O–H groups in total. The van der Waals surface area contributed by atoms with Crippen molar-refractivity contribution in [2.75, 3.05) is 5.32 Å². The maximum Gasteiger partial charge on any atom is 0.293 e. The van der Waals surface area contributed by atoms with Gasteiger partial charge in [0.2, 0.25) is 0 Å². The van der Waals surface area contributed by atoms with E-state index in [2.05, 4.69) is 10.6 Å². The van der Waals surface area contributed by atoms with Crippen molar-refractivity contribution in [2.24, 2.45) is 0 Å². The molecule has 8 nitrogen and oxygen atoms in total. The van der Waals surface area contributed by atoms with Gasteiger partial charge in [0.05, 0.1) is 4.92 Å². The highest BCUT2D eigenvalue weighted by Crippen LogP contribution is 2.25. The molecule has 1 heterocycles. The molecule has 0 spiro atoms. The number of furan rings is 1. The number of nitro benzene ring substituents is 1. The molecule has 29 heavy (non-hydrogen) atoms. The third kappa shape index (κ3) is 4.90. The molecule has 2 aromatic carbocycles. The highest BCUT2D eigenvalue weighted by atomic mass is 32.1. The highest BCUT2D eigenvalue weighted by Gasteiger charge is 2.15. The summed E-state index contributed by atoms with van der Waals surface area (Å²) in [5, 5.41) is 16.3. The van der Waals surface area contributed by atoms with Gasteiger partial charge in [-0.1, -0.05) is 12.1 Å². The van der Waals surface area contributed by atoms with Crippen molar-refractivity contribution >= 4 is 40.4 Å². The maximum atomic E-state index is 12.3. The van der Waals surface area contributed by atoms with Gasteiger partial charge in [-0.3, -0.25) is 25.0 Å². The number of carbonyl (C=O) groups is 2. The minimum Gasteiger partial charge on any atom is -0.451 e. The first-order valence-electron chi connectivity index (χ1n) is 8.41. The third-order valence-corrected chi connectivity index (χ3v) is 4.15. The predicted molar refractivity (Wildman–Crippen MR) is 111 cm³/mol. The summed E-state index contributed by atoms with van der Waals surface area (Å²) in [6.45, 7) is 1.47. The summed E-state index contributed by atoms with van der Waals surface area (Å²) in [4.78, 5) is 34.0. The van der Waals surface area contributed by atoms with Gasteiger partial charge in [-0.15, -0.1) is 0 Å². The van der Waals surface area contributed by atoms with Crippen LogP contribution in [0.1, 0.15) is 27.8 Å². The molecule has 3 rings (SSSR count). The Labute approximate surface area is 170 Å². The normalized spacial score (nSPS) is 10.2. The first kappa shape index (κ1) is 19.9. The van der Waals surface area contributed by atoms with Crippen molar-refractivity contribution < 1.29 is 18.9 Å². The number of nitrogens with one attached hydrogen (secondary N) is 2. The Hall–Kier alpha value is -3.85. The predicted octanol–water partition coefficient (Wildman–Crippen LogP) is 4.18. The van der Waals surface area contributed by atoms with Gasteiger partial charge >= 0.3 is 0 Å². The van der Waals surface area contributed by atoms with Crippen LogP contribution in [0, 0.1) is 10.1 Å². The average molecular weight is 409 g/mol. The van der Waals surface area contributed by atoms with E-state index < -0.39 is 10.8 Å². The molecule has 0 unspecified atom stereocenters. The number of carbonyl (C=O) groups excluding carboxylic acids is 2. The van der Waals surface area contributed by atoms with Crippen LogP contribution in [-0.2, 0) is 0 Å². The van der Waals surface area contributed by atoms with Gasteiger partial charge in [-0.05, 0) is 55.5 Å². The van der Waals surface area contributed by atoms with E-state index >= 15 is 0 Å². The number of thiocarbonyl (C=S) groups is 1. The summed E-state index contributed by atoms with van der Waals surface area (Å²) in [7, 11) is 0. The van der Waals surface area contributed by atoms with Gasteiger partial charge < -0.3 is 9.73 Å². The summed E-state index contributed by atoms with van der Waals surface area (Å²) >= 11 is 5.12. The lowest BCUT2D eigenvalue weighted by Gasteiger charge is -2.09. The topological polar surface area (TPSA) is 114 Å². The van der Waals surface area contributed by atoms with Crippen LogP contribution in [-0.4, -0.2) is 21.7 Å². The maximum absolute atomic E-state index is 12.3. The van der Waals surface area contributed by atoms with Crippen molar-refractivity contribution in [3.8, 4) is 11.3 Å². The van der Waals surface area contributed by atoms with Crippen LogP contribution in [0.5, 0.6) is 0 Å². The number of anilines is 1. The molecular weight excluding hydrogens is 394 g/mol. The Morgan fingerprint density at radius 3 is 2.45 bits per heavy atom. The molecule has 1 aromatic heterocycles. The van der Waals surface area contributed by atoms with Crippen molar-refractivity contribution in [3.05, 3.63) is 82.1 Å². The zero-order valence-electron chi connectivity index (χ0n) is 15.2. The number of nitrogens with zero attached hydrogens (tertiary/aromatic N) is 1. The number of non-ortho nitro benzene ring substituents is 1. The number of hydrogen-bond acceptors (Lipinski definition) is 6. The van der Waals surface area contributed by atoms with Crippen LogP contribution in [0.2, 0.25) is 0 Å². The van der Waals surface area contributed by atoms with Crippen LogP contribution in [0.4, 0.5) is 11.4 Å². The number of ketones is 1. The van der Waals surface area contributed by atoms with Crippen molar-refractivity contribution in [3.63, 3.8) is 0 Å². The molecule has 0 saturated heterocycles. The minimum absolute atomic E-state index is 0.00239. The Kier molecular flexibility index (Phi) is 5.79. The van der Waals surface area contributed by atoms with E-state index in [0.29, 0.717) is 22.6 Å². The second kappa shape index (κ2) is 8.44. The van der Waals surface area contributed by atoms with Gasteiger partial charge in [0, 0.05) is 28.9 Å². The molecule has 0 aliphatic rings. The molecule has 146 valence electrons. The van der Waals surface area contributed by atoms with Crippen molar-refractivity contribution in [1.82, 2.24) is 5.32 Å². The zero-order chi connectivity index (χ0) is 21.0. The second-order valence-electron chi connectivity index (χ2n) is 6.01. The SMILES string of the molecule is CC(=O)c1ccc(NC(=S)NC(=O)c2ccc(-c3cccc([N+](=O)[O-])c3)o2)cc1. The lowest BCUT2D eigenvalue weighted by molar-refractivity contribution is -0.384. The van der Waals surface area contributed by atoms with E-state index in [9.17, 15) is 19.7 Å². The lowest BCUT2D eigenvalue weighted by Crippen LogP contribution is -2.33. The molecule has 0 atom stereocenters. The fourth-order valence-electron chi connectivity index (χ4n) is 2.50. The van der Waals surface area contributed by atoms with E-state index in [1.54, 1.807) is 36.4 Å². The van der Waals surface area contributed by atoms with E-state index in [1.807, 2.05) is 0 Å². The molecule has 0 saturated carbocycles. The number of Topliss-reactive ketones (excluding diaryl/α,β-unsaturated/α-hetero) is 1. The van der Waals surface area contributed by atoms with Crippen LogP contribution < -0.4 is 10.6 Å². The highest BCUT2D eigenvalue weighted by molar-refractivity contribution is 7.80. The van der Waals surface area contributed by atoms with E-state index in [-0.39, 0.29) is 22.3 Å². The first-order chi connectivity index (χ1) is 13.8. The van der Waals surface area contributed by atoms with Gasteiger partial charge in [0.1, 0.15) is 5.76 Å².